The van der Waals surface area contributed by atoms with Crippen molar-refractivity contribution in [3.8, 4) is 16.9 Å². The number of aromatic nitrogens is 1. The van der Waals surface area contributed by atoms with Crippen LogP contribution in [0.1, 0.15) is 5.56 Å². The van der Waals surface area contributed by atoms with Gasteiger partial charge in [-0.1, -0.05) is 6.07 Å². The molecule has 0 saturated heterocycles. The summed E-state index contributed by atoms with van der Waals surface area (Å²) in [6.07, 6.45) is 3.37. The molecule has 0 saturated carbocycles. The maximum atomic E-state index is 13.1. The summed E-state index contributed by atoms with van der Waals surface area (Å²) in [5.74, 6) is -0.315. The minimum Gasteiger partial charge on any atom is -0.507 e. The summed E-state index contributed by atoms with van der Waals surface area (Å²) in [6.45, 7) is 0.533. The SMILES string of the molecule is NCCc1ccc(O)c(-c2cncc(F)c2)c1. The van der Waals surface area contributed by atoms with Gasteiger partial charge in [-0.15, -0.1) is 0 Å². The van der Waals surface area contributed by atoms with E-state index in [2.05, 4.69) is 4.98 Å². The Kier molecular flexibility index (Phi) is 3.35. The van der Waals surface area contributed by atoms with Gasteiger partial charge in [-0.3, -0.25) is 4.98 Å². The average Bonchev–Trinajstić information content (AvgIpc) is 2.32. The molecule has 0 aliphatic heterocycles. The van der Waals surface area contributed by atoms with Gasteiger partial charge >= 0.3 is 0 Å². The number of halogens is 1. The lowest BCUT2D eigenvalue weighted by molar-refractivity contribution is 0.477. The van der Waals surface area contributed by atoms with E-state index in [0.29, 0.717) is 17.7 Å². The van der Waals surface area contributed by atoms with Gasteiger partial charge in [-0.25, -0.2) is 4.39 Å². The van der Waals surface area contributed by atoms with Crippen LogP contribution in [0.2, 0.25) is 0 Å². The van der Waals surface area contributed by atoms with Crippen LogP contribution in [0, 0.1) is 5.82 Å². The molecule has 0 fully saturated rings. The van der Waals surface area contributed by atoms with Crippen molar-refractivity contribution in [3.63, 3.8) is 0 Å². The van der Waals surface area contributed by atoms with E-state index in [4.69, 9.17) is 5.73 Å². The molecular weight excluding hydrogens is 219 g/mol. The number of phenols is 1. The minimum absolute atomic E-state index is 0.109. The normalized spacial score (nSPS) is 10.5. The largest absolute Gasteiger partial charge is 0.507 e. The average molecular weight is 232 g/mol. The first-order valence-electron chi connectivity index (χ1n) is 5.33. The number of aromatic hydroxyl groups is 1. The van der Waals surface area contributed by atoms with Crippen molar-refractivity contribution in [1.29, 1.82) is 0 Å². The molecule has 0 amide bonds. The predicted molar refractivity (Wildman–Crippen MR) is 64.1 cm³/mol. The first-order chi connectivity index (χ1) is 8.20. The molecule has 88 valence electrons. The third-order valence-corrected chi connectivity index (χ3v) is 2.51. The fraction of sp³-hybridized carbons (Fsp3) is 0.154. The maximum absolute atomic E-state index is 13.1. The van der Waals surface area contributed by atoms with E-state index in [1.807, 2.05) is 0 Å². The quantitative estimate of drug-likeness (QED) is 0.851. The number of pyridine rings is 1. The van der Waals surface area contributed by atoms with E-state index in [0.717, 1.165) is 18.2 Å². The zero-order valence-corrected chi connectivity index (χ0v) is 9.23. The molecule has 0 radical (unpaired) electrons. The van der Waals surface area contributed by atoms with Gasteiger partial charge in [-0.05, 0) is 36.7 Å². The molecule has 1 aromatic carbocycles. The molecule has 3 nitrogen and oxygen atoms in total. The first kappa shape index (κ1) is 11.5. The van der Waals surface area contributed by atoms with E-state index in [1.54, 1.807) is 18.2 Å². The molecule has 0 atom stereocenters. The highest BCUT2D eigenvalue weighted by Crippen LogP contribution is 2.29. The van der Waals surface area contributed by atoms with Crippen LogP contribution in [0.15, 0.2) is 36.7 Å². The summed E-state index contributed by atoms with van der Waals surface area (Å²) >= 11 is 0. The van der Waals surface area contributed by atoms with Crippen LogP contribution < -0.4 is 5.73 Å². The summed E-state index contributed by atoms with van der Waals surface area (Å²) in [7, 11) is 0. The van der Waals surface area contributed by atoms with E-state index in [9.17, 15) is 9.50 Å². The lowest BCUT2D eigenvalue weighted by Crippen LogP contribution is -2.02. The Labute approximate surface area is 98.7 Å². The molecule has 0 unspecified atom stereocenters. The van der Waals surface area contributed by atoms with Crippen LogP contribution in [-0.2, 0) is 6.42 Å². The second-order valence-electron chi connectivity index (χ2n) is 3.78. The standard InChI is InChI=1S/C13H13FN2O/c14-11-6-10(7-16-8-11)12-5-9(3-4-15)1-2-13(12)17/h1-2,5-8,17H,3-4,15H2. The second kappa shape index (κ2) is 4.93. The fourth-order valence-corrected chi connectivity index (χ4v) is 1.70. The van der Waals surface area contributed by atoms with Gasteiger partial charge < -0.3 is 10.8 Å². The van der Waals surface area contributed by atoms with Crippen LogP contribution in [0.3, 0.4) is 0 Å². The molecule has 0 spiro atoms. The molecule has 1 aromatic heterocycles. The number of nitrogens with zero attached hydrogens (tertiary/aromatic N) is 1. The van der Waals surface area contributed by atoms with Gasteiger partial charge in [0.05, 0.1) is 6.20 Å². The number of nitrogens with two attached hydrogens (primary N) is 1. The van der Waals surface area contributed by atoms with Crippen LogP contribution in [0.25, 0.3) is 11.1 Å². The Bertz CT molecular complexity index is 529. The Morgan fingerprint density at radius 3 is 2.76 bits per heavy atom. The van der Waals surface area contributed by atoms with Crippen LogP contribution in [0.5, 0.6) is 5.75 Å². The van der Waals surface area contributed by atoms with Gasteiger partial charge in [0.1, 0.15) is 11.6 Å². The summed E-state index contributed by atoms with van der Waals surface area (Å²) in [5.41, 5.74) is 7.61. The molecule has 0 aliphatic carbocycles. The molecule has 3 N–H and O–H groups in total. The molecule has 2 rings (SSSR count). The molecule has 4 heteroatoms. The monoisotopic (exact) mass is 232 g/mol. The molecule has 0 aliphatic rings. The zero-order chi connectivity index (χ0) is 12.3. The first-order valence-corrected chi connectivity index (χ1v) is 5.33. The zero-order valence-electron chi connectivity index (χ0n) is 9.23. The van der Waals surface area contributed by atoms with Crippen molar-refractivity contribution in [3.05, 3.63) is 48.0 Å². The molecular formula is C13H13FN2O. The number of rotatable bonds is 3. The van der Waals surface area contributed by atoms with Gasteiger partial charge in [0.2, 0.25) is 0 Å². The molecule has 2 aromatic rings. The third kappa shape index (κ3) is 2.60. The number of hydrogen-bond donors (Lipinski definition) is 2. The van der Waals surface area contributed by atoms with Crippen molar-refractivity contribution < 1.29 is 9.50 Å². The van der Waals surface area contributed by atoms with Crippen LogP contribution >= 0.6 is 0 Å². The lowest BCUT2D eigenvalue weighted by atomic mass is 10.0. The number of benzene rings is 1. The Morgan fingerprint density at radius 2 is 2.06 bits per heavy atom. The number of phenolic OH excluding ortho intramolecular Hbond substituents is 1. The highest BCUT2D eigenvalue weighted by molar-refractivity contribution is 5.70. The summed E-state index contributed by atoms with van der Waals surface area (Å²) in [5, 5.41) is 9.77. The summed E-state index contributed by atoms with van der Waals surface area (Å²) in [4.78, 5) is 3.77. The summed E-state index contributed by atoms with van der Waals surface area (Å²) < 4.78 is 13.1. The van der Waals surface area contributed by atoms with E-state index in [1.165, 1.54) is 12.3 Å². The Hall–Kier alpha value is -1.94. The molecule has 1 heterocycles. The van der Waals surface area contributed by atoms with Crippen molar-refractivity contribution >= 4 is 0 Å². The highest BCUT2D eigenvalue weighted by atomic mass is 19.1. The minimum atomic E-state index is -0.425. The predicted octanol–water partition coefficient (Wildman–Crippen LogP) is 2.09. The highest BCUT2D eigenvalue weighted by Gasteiger charge is 2.06. The molecule has 17 heavy (non-hydrogen) atoms. The smallest absolute Gasteiger partial charge is 0.142 e. The second-order valence-corrected chi connectivity index (χ2v) is 3.78. The van der Waals surface area contributed by atoms with Crippen molar-refractivity contribution in [2.75, 3.05) is 6.54 Å². The van der Waals surface area contributed by atoms with Crippen molar-refractivity contribution in [2.45, 2.75) is 6.42 Å². The lowest BCUT2D eigenvalue weighted by Gasteiger charge is -2.07. The van der Waals surface area contributed by atoms with E-state index >= 15 is 0 Å². The topological polar surface area (TPSA) is 59.1 Å². The van der Waals surface area contributed by atoms with E-state index in [-0.39, 0.29) is 5.75 Å². The van der Waals surface area contributed by atoms with Crippen LogP contribution in [0.4, 0.5) is 4.39 Å². The Morgan fingerprint density at radius 1 is 1.24 bits per heavy atom. The summed E-state index contributed by atoms with van der Waals surface area (Å²) in [6, 6.07) is 6.54. The van der Waals surface area contributed by atoms with Crippen molar-refractivity contribution in [2.24, 2.45) is 5.73 Å². The van der Waals surface area contributed by atoms with Gasteiger partial charge in [0.25, 0.3) is 0 Å². The maximum Gasteiger partial charge on any atom is 0.142 e. The van der Waals surface area contributed by atoms with Gasteiger partial charge in [0, 0.05) is 17.3 Å². The fourth-order valence-electron chi connectivity index (χ4n) is 1.70. The molecule has 0 bridgehead atoms. The number of hydrogen-bond acceptors (Lipinski definition) is 3. The van der Waals surface area contributed by atoms with Crippen LogP contribution in [-0.4, -0.2) is 16.6 Å². The third-order valence-electron chi connectivity index (χ3n) is 2.51. The van der Waals surface area contributed by atoms with Gasteiger partial charge in [-0.2, -0.15) is 0 Å². The Balaban J connectivity index is 2.46. The van der Waals surface area contributed by atoms with E-state index < -0.39 is 5.82 Å². The van der Waals surface area contributed by atoms with Crippen molar-refractivity contribution in [1.82, 2.24) is 4.98 Å². The van der Waals surface area contributed by atoms with Gasteiger partial charge in [0.15, 0.2) is 0 Å².